The Morgan fingerprint density at radius 1 is 0.833 bits per heavy atom. The van der Waals surface area contributed by atoms with E-state index in [0.29, 0.717) is 44.2 Å². The molecule has 0 N–H and O–H groups in total. The monoisotopic (exact) mass is 335 g/mol. The third-order valence-electron chi connectivity index (χ3n) is 4.90. The summed E-state index contributed by atoms with van der Waals surface area (Å²) in [5, 5.41) is 0. The quantitative estimate of drug-likeness (QED) is 0.766. The van der Waals surface area contributed by atoms with Crippen LogP contribution in [0.25, 0.3) is 0 Å². The summed E-state index contributed by atoms with van der Waals surface area (Å²) in [4.78, 5) is 41.7. The van der Waals surface area contributed by atoms with Crippen molar-refractivity contribution in [3.8, 4) is 0 Å². The van der Waals surface area contributed by atoms with E-state index in [0.717, 1.165) is 25.9 Å². The Kier molecular flexibility index (Phi) is 5.06. The fraction of sp³-hybridized carbons (Fsp3) is 0.706. The first-order valence-electron chi connectivity index (χ1n) is 8.88. The predicted octanol–water partition coefficient (Wildman–Crippen LogP) is 0.942. The standard InChI is InChI=1S/C17H25N3O4/c1-2-24-17(23)20-11-9-19(10-12-20)14-13(15(21)16(14)22)18-7-5-3-4-6-8-18/h2-12H2,1H3. The molecule has 3 rings (SSSR count). The third kappa shape index (κ3) is 3.12. The van der Waals surface area contributed by atoms with Gasteiger partial charge in [-0.05, 0) is 19.8 Å². The molecule has 0 radical (unpaired) electrons. The number of amides is 1. The van der Waals surface area contributed by atoms with Crippen molar-refractivity contribution in [1.29, 1.82) is 0 Å². The zero-order chi connectivity index (χ0) is 17.1. The summed E-state index contributed by atoms with van der Waals surface area (Å²) >= 11 is 0. The Balaban J connectivity index is 1.70. The lowest BCUT2D eigenvalue weighted by Crippen LogP contribution is -2.54. The topological polar surface area (TPSA) is 70.2 Å². The fourth-order valence-electron chi connectivity index (χ4n) is 3.58. The molecule has 2 heterocycles. The van der Waals surface area contributed by atoms with Crippen LogP contribution in [-0.4, -0.2) is 56.9 Å². The van der Waals surface area contributed by atoms with Crippen molar-refractivity contribution in [2.45, 2.75) is 32.6 Å². The van der Waals surface area contributed by atoms with Crippen molar-refractivity contribution < 1.29 is 9.53 Å². The Hall–Kier alpha value is -2.05. The molecule has 0 unspecified atom stereocenters. The normalized spacial score (nSPS) is 19.5. The second-order valence-corrected chi connectivity index (χ2v) is 6.43. The summed E-state index contributed by atoms with van der Waals surface area (Å²) < 4.78 is 5.01. The highest BCUT2D eigenvalue weighted by molar-refractivity contribution is 5.77. The predicted molar refractivity (Wildman–Crippen MR) is 92.8 cm³/mol. The summed E-state index contributed by atoms with van der Waals surface area (Å²) in [6.07, 6.45) is 4.18. The Morgan fingerprint density at radius 2 is 1.33 bits per heavy atom. The number of anilines is 2. The third-order valence-corrected chi connectivity index (χ3v) is 4.90. The van der Waals surface area contributed by atoms with Crippen molar-refractivity contribution >= 4 is 17.5 Å². The van der Waals surface area contributed by atoms with Gasteiger partial charge in [-0.15, -0.1) is 0 Å². The molecular weight excluding hydrogens is 310 g/mol. The van der Waals surface area contributed by atoms with Crippen LogP contribution in [-0.2, 0) is 4.74 Å². The average molecular weight is 335 g/mol. The minimum Gasteiger partial charge on any atom is -0.450 e. The molecule has 0 spiro atoms. The van der Waals surface area contributed by atoms with Crippen LogP contribution in [0.2, 0.25) is 0 Å². The number of hydrogen-bond acceptors (Lipinski definition) is 6. The zero-order valence-electron chi connectivity index (χ0n) is 14.3. The Labute approximate surface area is 141 Å². The highest BCUT2D eigenvalue weighted by atomic mass is 16.6. The molecule has 1 aromatic carbocycles. The van der Waals surface area contributed by atoms with Crippen molar-refractivity contribution in [2.75, 3.05) is 55.7 Å². The summed E-state index contributed by atoms with van der Waals surface area (Å²) in [6, 6.07) is 0. The van der Waals surface area contributed by atoms with E-state index in [-0.39, 0.29) is 17.0 Å². The molecule has 2 fully saturated rings. The molecule has 2 saturated heterocycles. The lowest BCUT2D eigenvalue weighted by molar-refractivity contribution is 0.105. The van der Waals surface area contributed by atoms with Crippen molar-refractivity contribution in [3.63, 3.8) is 0 Å². The van der Waals surface area contributed by atoms with Crippen molar-refractivity contribution in [2.24, 2.45) is 0 Å². The van der Waals surface area contributed by atoms with Gasteiger partial charge in [-0.25, -0.2) is 4.79 Å². The van der Waals surface area contributed by atoms with E-state index in [4.69, 9.17) is 4.74 Å². The molecule has 0 aliphatic carbocycles. The minimum atomic E-state index is -0.376. The number of nitrogens with zero attached hydrogens (tertiary/aromatic N) is 3. The maximum atomic E-state index is 12.1. The maximum absolute atomic E-state index is 12.1. The van der Waals surface area contributed by atoms with E-state index in [1.54, 1.807) is 11.8 Å². The molecule has 0 bridgehead atoms. The van der Waals surface area contributed by atoms with Gasteiger partial charge in [0.2, 0.25) is 0 Å². The summed E-state index contributed by atoms with van der Waals surface area (Å²) in [5.41, 5.74) is 0.440. The first kappa shape index (κ1) is 16.8. The largest absolute Gasteiger partial charge is 0.450 e. The molecule has 0 saturated carbocycles. The lowest BCUT2D eigenvalue weighted by atomic mass is 10.1. The Bertz CT molecular complexity index is 649. The van der Waals surface area contributed by atoms with E-state index in [1.165, 1.54) is 12.8 Å². The van der Waals surface area contributed by atoms with Gasteiger partial charge in [0.1, 0.15) is 11.4 Å². The minimum absolute atomic E-state index is 0.310. The van der Waals surface area contributed by atoms with Crippen LogP contribution >= 0.6 is 0 Å². The van der Waals surface area contributed by atoms with Crippen LogP contribution in [0.4, 0.5) is 16.2 Å². The second-order valence-electron chi connectivity index (χ2n) is 6.43. The van der Waals surface area contributed by atoms with Crippen molar-refractivity contribution in [1.82, 2.24) is 4.90 Å². The lowest BCUT2D eigenvalue weighted by Gasteiger charge is -2.38. The fourth-order valence-corrected chi connectivity index (χ4v) is 3.58. The highest BCUT2D eigenvalue weighted by Gasteiger charge is 2.32. The van der Waals surface area contributed by atoms with Gasteiger partial charge >= 0.3 is 6.09 Å². The van der Waals surface area contributed by atoms with Crippen LogP contribution in [0.1, 0.15) is 32.6 Å². The molecule has 1 amide bonds. The smallest absolute Gasteiger partial charge is 0.409 e. The summed E-state index contributed by atoms with van der Waals surface area (Å²) in [5.74, 6) is 0. The van der Waals surface area contributed by atoms with Gasteiger partial charge < -0.3 is 19.4 Å². The molecule has 2 aliphatic rings. The van der Waals surface area contributed by atoms with E-state index < -0.39 is 0 Å². The van der Waals surface area contributed by atoms with Crippen LogP contribution in [0.5, 0.6) is 0 Å². The summed E-state index contributed by atoms with van der Waals surface area (Å²) in [7, 11) is 0. The average Bonchev–Trinajstić information content (AvgIpc) is 2.88. The van der Waals surface area contributed by atoms with Crippen LogP contribution in [0, 0.1) is 0 Å². The molecular formula is C17H25N3O4. The van der Waals surface area contributed by atoms with Gasteiger partial charge in [0.15, 0.2) is 0 Å². The molecule has 132 valence electrons. The first-order chi connectivity index (χ1) is 11.6. The van der Waals surface area contributed by atoms with Crippen molar-refractivity contribution in [3.05, 3.63) is 20.4 Å². The van der Waals surface area contributed by atoms with E-state index >= 15 is 0 Å². The van der Waals surface area contributed by atoms with Gasteiger partial charge in [0, 0.05) is 39.3 Å². The zero-order valence-corrected chi connectivity index (χ0v) is 14.3. The first-order valence-corrected chi connectivity index (χ1v) is 8.88. The molecule has 24 heavy (non-hydrogen) atoms. The number of hydrogen-bond donors (Lipinski definition) is 0. The maximum Gasteiger partial charge on any atom is 0.409 e. The van der Waals surface area contributed by atoms with E-state index in [9.17, 15) is 14.4 Å². The molecule has 0 atom stereocenters. The van der Waals surface area contributed by atoms with Gasteiger partial charge in [0.25, 0.3) is 10.9 Å². The van der Waals surface area contributed by atoms with Gasteiger partial charge in [0.05, 0.1) is 6.61 Å². The second kappa shape index (κ2) is 7.23. The molecule has 0 aromatic heterocycles. The highest BCUT2D eigenvalue weighted by Crippen LogP contribution is 2.27. The van der Waals surface area contributed by atoms with Gasteiger partial charge in [-0.1, -0.05) is 12.8 Å². The van der Waals surface area contributed by atoms with Crippen LogP contribution < -0.4 is 20.7 Å². The SMILES string of the molecule is CCOC(=O)N1CCN(c2c(N3CCCCCC3)c(=O)c2=O)CC1. The van der Waals surface area contributed by atoms with Gasteiger partial charge in [-0.2, -0.15) is 0 Å². The van der Waals surface area contributed by atoms with Gasteiger partial charge in [-0.3, -0.25) is 9.59 Å². The molecule has 7 nitrogen and oxygen atoms in total. The molecule has 1 aromatic rings. The molecule has 2 aliphatic heterocycles. The number of piperazine rings is 1. The molecule has 7 heteroatoms. The number of carbonyl (C=O) groups excluding carboxylic acids is 1. The van der Waals surface area contributed by atoms with Crippen LogP contribution in [0.3, 0.4) is 0 Å². The number of ether oxygens (including phenoxy) is 1. The van der Waals surface area contributed by atoms with E-state index in [1.807, 2.05) is 4.90 Å². The van der Waals surface area contributed by atoms with E-state index in [2.05, 4.69) is 4.90 Å². The summed E-state index contributed by atoms with van der Waals surface area (Å²) in [6.45, 7) is 5.98. The number of carbonyl (C=O) groups is 1. The number of rotatable bonds is 3. The van der Waals surface area contributed by atoms with Crippen LogP contribution in [0.15, 0.2) is 9.59 Å². The Morgan fingerprint density at radius 3 is 1.83 bits per heavy atom.